The van der Waals surface area contributed by atoms with Crippen LogP contribution in [0, 0.1) is 0 Å². The number of benzene rings is 2. The van der Waals surface area contributed by atoms with Crippen molar-refractivity contribution >= 4 is 18.7 Å². The lowest BCUT2D eigenvalue weighted by Crippen LogP contribution is -2.49. The minimum atomic E-state index is -0.992. The molecule has 0 aliphatic carbocycles. The summed E-state index contributed by atoms with van der Waals surface area (Å²) >= 11 is 0. The average Bonchev–Trinajstić information content (AvgIpc) is 2.78. The van der Waals surface area contributed by atoms with E-state index in [9.17, 15) is 30.6 Å². The van der Waals surface area contributed by atoms with Gasteiger partial charge in [-0.25, -0.2) is 0 Å². The predicted molar refractivity (Wildman–Crippen MR) is 138 cm³/mol. The molecule has 0 bridgehead atoms. The zero-order valence-corrected chi connectivity index (χ0v) is 21.0. The van der Waals surface area contributed by atoms with Crippen LogP contribution in [0.4, 0.5) is 0 Å². The lowest BCUT2D eigenvalue weighted by molar-refractivity contribution is -0.0893. The second-order valence-electron chi connectivity index (χ2n) is 9.60. The number of nitrogens with zero attached hydrogens (tertiary/aromatic N) is 1. The molecule has 0 fully saturated rings. The fourth-order valence-corrected chi connectivity index (χ4v) is 2.91. The molecule has 0 heterocycles. The molecule has 2 aromatic carbocycles. The summed E-state index contributed by atoms with van der Waals surface area (Å²) in [5.41, 5.74) is 1.64. The van der Waals surface area contributed by atoms with Crippen LogP contribution in [0.15, 0.2) is 53.2 Å². The Balaban J connectivity index is 2.22. The van der Waals surface area contributed by atoms with Crippen molar-refractivity contribution < 1.29 is 35.3 Å². The standard InChI is InChI=1S/C26H34BNO7/c1-15(2)14-19(16-9-11-17(12-10-16)27-35-26(5,6)25(3,4)34)28-13-7-8-18-20(29)22(31)24(33)23(32)21(18)30/h7,9-14,27,29-34H,8H2,1-6H3/b13-7-,28-19+. The first kappa shape index (κ1) is 27.8. The maximum Gasteiger partial charge on any atom is 0.309 e. The lowest BCUT2D eigenvalue weighted by Gasteiger charge is -2.37. The van der Waals surface area contributed by atoms with Crippen LogP contribution in [0.25, 0.3) is 0 Å². The molecular weight excluding hydrogens is 449 g/mol. The van der Waals surface area contributed by atoms with Gasteiger partial charge in [-0.2, -0.15) is 0 Å². The van der Waals surface area contributed by atoms with Crippen LogP contribution >= 0.6 is 0 Å². The maximum absolute atomic E-state index is 10.3. The maximum atomic E-state index is 10.3. The van der Waals surface area contributed by atoms with Gasteiger partial charge in [0.2, 0.25) is 17.2 Å². The monoisotopic (exact) mass is 483 g/mol. The lowest BCUT2D eigenvalue weighted by atomic mass is 9.82. The molecule has 0 saturated carbocycles. The smallest absolute Gasteiger partial charge is 0.309 e. The number of rotatable bonds is 9. The number of hydrogen-bond acceptors (Lipinski definition) is 8. The molecule has 0 aliphatic rings. The Hall–Kier alpha value is -3.43. The zero-order valence-electron chi connectivity index (χ0n) is 21.0. The Morgan fingerprint density at radius 3 is 1.89 bits per heavy atom. The Morgan fingerprint density at radius 2 is 1.40 bits per heavy atom. The minimum absolute atomic E-state index is 0.0576. The van der Waals surface area contributed by atoms with Gasteiger partial charge in [0, 0.05) is 17.3 Å². The quantitative estimate of drug-likeness (QED) is 0.139. The van der Waals surface area contributed by atoms with Crippen molar-refractivity contribution in [3.8, 4) is 28.7 Å². The number of phenols is 5. The Morgan fingerprint density at radius 1 is 0.886 bits per heavy atom. The molecule has 0 spiro atoms. The van der Waals surface area contributed by atoms with Crippen LogP contribution in [0.1, 0.15) is 52.7 Å². The van der Waals surface area contributed by atoms with E-state index in [0.717, 1.165) is 16.6 Å². The molecule has 0 saturated heterocycles. The molecule has 188 valence electrons. The van der Waals surface area contributed by atoms with Crippen molar-refractivity contribution in [2.45, 2.75) is 59.2 Å². The number of aromatic hydroxyl groups is 5. The molecule has 35 heavy (non-hydrogen) atoms. The van der Waals surface area contributed by atoms with Crippen LogP contribution in [0.2, 0.25) is 0 Å². The third-order valence-electron chi connectivity index (χ3n) is 5.86. The van der Waals surface area contributed by atoms with Gasteiger partial charge < -0.3 is 35.3 Å². The van der Waals surface area contributed by atoms with Gasteiger partial charge in [-0.1, -0.05) is 41.4 Å². The normalized spacial score (nSPS) is 12.7. The second kappa shape index (κ2) is 10.9. The zero-order chi connectivity index (χ0) is 26.6. The Labute approximate surface area is 206 Å². The molecule has 6 N–H and O–H groups in total. The van der Waals surface area contributed by atoms with Gasteiger partial charge in [0.1, 0.15) is 0 Å². The third kappa shape index (κ3) is 6.80. The number of allylic oxidation sites excluding steroid dienone is 3. The molecule has 2 aromatic rings. The predicted octanol–water partition coefficient (Wildman–Crippen LogP) is 3.27. The number of phenolic OH excluding ortho intramolecular Hbond substituents is 5. The van der Waals surface area contributed by atoms with Crippen molar-refractivity contribution in [3.63, 3.8) is 0 Å². The largest absolute Gasteiger partial charge is 0.504 e. The Bertz CT molecular complexity index is 1110. The number of aliphatic hydroxyl groups is 1. The number of aliphatic imine (C=N–C) groups is 1. The van der Waals surface area contributed by atoms with Crippen LogP contribution in [-0.4, -0.2) is 55.0 Å². The molecule has 9 heteroatoms. The van der Waals surface area contributed by atoms with Crippen LogP contribution < -0.4 is 5.46 Å². The van der Waals surface area contributed by atoms with E-state index in [1.807, 2.05) is 58.0 Å². The van der Waals surface area contributed by atoms with E-state index in [4.69, 9.17) is 4.65 Å². The van der Waals surface area contributed by atoms with E-state index < -0.39 is 39.9 Å². The van der Waals surface area contributed by atoms with Crippen LogP contribution in [0.3, 0.4) is 0 Å². The van der Waals surface area contributed by atoms with Gasteiger partial charge in [0.15, 0.2) is 11.5 Å². The molecule has 0 unspecified atom stereocenters. The summed E-state index contributed by atoms with van der Waals surface area (Å²) in [7, 11) is 0.339. The molecular formula is C26H34BNO7. The summed E-state index contributed by atoms with van der Waals surface area (Å²) in [5.74, 6) is -4.25. The second-order valence-corrected chi connectivity index (χ2v) is 9.60. The van der Waals surface area contributed by atoms with Gasteiger partial charge in [0.05, 0.1) is 16.9 Å². The van der Waals surface area contributed by atoms with Crippen molar-refractivity contribution in [1.82, 2.24) is 0 Å². The van der Waals surface area contributed by atoms with E-state index in [0.29, 0.717) is 13.2 Å². The first-order chi connectivity index (χ1) is 16.2. The number of hydrogen-bond donors (Lipinski definition) is 6. The third-order valence-corrected chi connectivity index (χ3v) is 5.86. The summed E-state index contributed by atoms with van der Waals surface area (Å²) < 4.78 is 5.91. The fourth-order valence-electron chi connectivity index (χ4n) is 2.91. The van der Waals surface area contributed by atoms with Crippen molar-refractivity contribution in [2.24, 2.45) is 4.99 Å². The van der Waals surface area contributed by atoms with Gasteiger partial charge >= 0.3 is 7.48 Å². The summed E-state index contributed by atoms with van der Waals surface area (Å²) in [6.45, 7) is 11.0. The van der Waals surface area contributed by atoms with Crippen molar-refractivity contribution in [2.75, 3.05) is 0 Å². The van der Waals surface area contributed by atoms with E-state index in [-0.39, 0.29) is 12.0 Å². The first-order valence-corrected chi connectivity index (χ1v) is 11.2. The van der Waals surface area contributed by atoms with E-state index in [2.05, 4.69) is 4.99 Å². The van der Waals surface area contributed by atoms with Gasteiger partial charge in [-0.05, 0) is 54.0 Å². The molecule has 0 aliphatic heterocycles. The van der Waals surface area contributed by atoms with E-state index >= 15 is 0 Å². The summed E-state index contributed by atoms with van der Waals surface area (Å²) in [5, 5.41) is 59.0. The highest BCUT2D eigenvalue weighted by Crippen LogP contribution is 2.50. The highest BCUT2D eigenvalue weighted by molar-refractivity contribution is 6.47. The van der Waals surface area contributed by atoms with Crippen molar-refractivity contribution in [1.29, 1.82) is 0 Å². The Kier molecular flexibility index (Phi) is 8.65. The topological polar surface area (TPSA) is 143 Å². The minimum Gasteiger partial charge on any atom is -0.504 e. The van der Waals surface area contributed by atoms with Crippen LogP contribution in [-0.2, 0) is 11.1 Å². The van der Waals surface area contributed by atoms with Gasteiger partial charge in [0.25, 0.3) is 0 Å². The highest BCUT2D eigenvalue weighted by atomic mass is 16.5. The SMILES string of the molecule is CC(C)=C/C(=N\C=C/Cc1c(O)c(O)c(O)c(O)c1O)c1ccc(BOC(C)(C)C(C)(C)O)cc1. The molecule has 0 atom stereocenters. The summed E-state index contributed by atoms with van der Waals surface area (Å²) in [6, 6.07) is 7.67. The van der Waals surface area contributed by atoms with Gasteiger partial charge in [-0.3, -0.25) is 4.99 Å². The fraction of sp³-hybridized carbons (Fsp3) is 0.346. The molecule has 2 rings (SSSR count). The molecule has 0 amide bonds. The summed E-state index contributed by atoms with van der Waals surface area (Å²) in [6.07, 6.45) is 4.86. The first-order valence-electron chi connectivity index (χ1n) is 11.2. The molecule has 8 nitrogen and oxygen atoms in total. The highest BCUT2D eigenvalue weighted by Gasteiger charge is 2.35. The van der Waals surface area contributed by atoms with Gasteiger partial charge in [-0.15, -0.1) is 0 Å². The van der Waals surface area contributed by atoms with Crippen LogP contribution in [0.5, 0.6) is 28.7 Å². The van der Waals surface area contributed by atoms with Crippen molar-refractivity contribution in [3.05, 3.63) is 59.3 Å². The van der Waals surface area contributed by atoms with E-state index in [1.165, 1.54) is 12.3 Å². The summed E-state index contributed by atoms with van der Waals surface area (Å²) in [4.78, 5) is 4.48. The molecule has 0 radical (unpaired) electrons. The van der Waals surface area contributed by atoms with E-state index in [1.54, 1.807) is 13.8 Å². The average molecular weight is 483 g/mol. The molecule has 0 aromatic heterocycles.